The number of alkyl halides is 3. The third-order valence-electron chi connectivity index (χ3n) is 8.74. The highest BCUT2D eigenvalue weighted by Crippen LogP contribution is 2.63. The molecule has 2 aliphatic heterocycles. The first kappa shape index (κ1) is 24.3. The van der Waals surface area contributed by atoms with Crippen LogP contribution >= 0.6 is 0 Å². The average Bonchev–Trinajstić information content (AvgIpc) is 3.13. The number of rotatable bonds is 2. The number of aliphatic hydroxyl groups excluding tert-OH is 2. The summed E-state index contributed by atoms with van der Waals surface area (Å²) in [6.07, 6.45) is -1.66. The quantitative estimate of drug-likeness (QED) is 0.571. The summed E-state index contributed by atoms with van der Waals surface area (Å²) in [4.78, 5) is 9.15. The van der Waals surface area contributed by atoms with Gasteiger partial charge in [0.25, 0.3) is 0 Å². The first-order valence-electron chi connectivity index (χ1n) is 12.8. The first-order chi connectivity index (χ1) is 17.1. The highest BCUT2D eigenvalue weighted by atomic mass is 19.4. The molecule has 194 valence electrons. The second-order valence-corrected chi connectivity index (χ2v) is 11.2. The maximum Gasteiger partial charge on any atom is 0.417 e. The number of aliphatic hydroxyl groups is 2. The molecular weight excluding hydrogens is 473 g/mol. The van der Waals surface area contributed by atoms with Crippen LogP contribution in [0.4, 0.5) is 13.2 Å². The van der Waals surface area contributed by atoms with E-state index in [2.05, 4.69) is 4.98 Å². The molecule has 0 bridgehead atoms. The Hall–Kier alpha value is -2.07. The molecule has 2 spiro atoms. The molecule has 3 atom stereocenters. The van der Waals surface area contributed by atoms with E-state index in [1.165, 1.54) is 6.07 Å². The van der Waals surface area contributed by atoms with E-state index in [9.17, 15) is 23.4 Å². The molecule has 0 aromatic carbocycles. The van der Waals surface area contributed by atoms with Gasteiger partial charge in [0.05, 0.1) is 28.7 Å². The van der Waals surface area contributed by atoms with Crippen LogP contribution < -0.4 is 0 Å². The second-order valence-electron chi connectivity index (χ2n) is 11.2. The lowest BCUT2D eigenvalue weighted by molar-refractivity contribution is -0.138. The zero-order valence-corrected chi connectivity index (χ0v) is 20.4. The molecule has 2 N–H and O–H groups in total. The summed E-state index contributed by atoms with van der Waals surface area (Å²) in [5.74, 6) is -0.0387. The van der Waals surface area contributed by atoms with Gasteiger partial charge in [0.1, 0.15) is 12.2 Å². The normalized spacial score (nSPS) is 28.3. The summed E-state index contributed by atoms with van der Waals surface area (Å²) in [6, 6.07) is 2.40. The van der Waals surface area contributed by atoms with Gasteiger partial charge in [-0.25, -0.2) is 0 Å². The Morgan fingerprint density at radius 2 is 1.78 bits per heavy atom. The van der Waals surface area contributed by atoms with Crippen molar-refractivity contribution >= 4 is 0 Å². The number of fused-ring (bicyclic) bond motifs is 4. The van der Waals surface area contributed by atoms with E-state index < -0.39 is 35.7 Å². The smallest absolute Gasteiger partial charge is 0.388 e. The largest absolute Gasteiger partial charge is 0.417 e. The minimum absolute atomic E-state index is 0.0387. The molecule has 6 nitrogen and oxygen atoms in total. The van der Waals surface area contributed by atoms with Crippen molar-refractivity contribution in [3.05, 3.63) is 57.7 Å². The number of pyridine rings is 2. The van der Waals surface area contributed by atoms with E-state index in [1.54, 1.807) is 0 Å². The fourth-order valence-electron chi connectivity index (χ4n) is 6.74. The number of hydrogen-bond acceptors (Lipinski definition) is 6. The van der Waals surface area contributed by atoms with E-state index in [1.807, 2.05) is 13.8 Å². The summed E-state index contributed by atoms with van der Waals surface area (Å²) in [5, 5.41) is 23.0. The monoisotopic (exact) mass is 504 g/mol. The molecule has 1 saturated carbocycles. The molecule has 4 aliphatic rings. The Morgan fingerprint density at radius 1 is 1.06 bits per heavy atom. The number of nitrogens with zero attached hydrogens (tertiary/aromatic N) is 2. The molecule has 1 saturated heterocycles. The van der Waals surface area contributed by atoms with Gasteiger partial charge in [0.15, 0.2) is 0 Å². The SMILES string of the molecule is CC(C)c1nc2c(c3c1[C@@H](c1ccc(C(F)(F)F)cn1)OC31CCOCC1)C(O)CC1(CCC1)[C@H]2O. The fraction of sp³-hybridized carbons (Fsp3) is 0.630. The standard InChI is InChI=1S/C27H31F3N2O4/c1-14(2)21-19-20(18-17(33)12-25(6-3-7-25)24(34)22(18)32-21)26(8-10-35-11-9-26)36-23(19)16-5-4-15(13-31-16)27(28,29)30/h4-5,13-14,17,23-24,33-34H,3,6-12H2,1-2H3/t17?,23-,24+/m1/s1. The van der Waals surface area contributed by atoms with Gasteiger partial charge >= 0.3 is 6.18 Å². The highest BCUT2D eigenvalue weighted by Gasteiger charge is 2.56. The van der Waals surface area contributed by atoms with Crippen LogP contribution in [-0.4, -0.2) is 33.4 Å². The molecule has 9 heteroatoms. The van der Waals surface area contributed by atoms with Gasteiger partial charge in [0.2, 0.25) is 0 Å². The van der Waals surface area contributed by atoms with Crippen molar-refractivity contribution < 1.29 is 32.9 Å². The summed E-state index contributed by atoms with van der Waals surface area (Å²) in [6.45, 7) is 4.94. The fourth-order valence-corrected chi connectivity index (χ4v) is 6.74. The Kier molecular flexibility index (Phi) is 5.54. The zero-order chi connectivity index (χ0) is 25.5. The van der Waals surface area contributed by atoms with Crippen LogP contribution in [0.2, 0.25) is 0 Å². The topological polar surface area (TPSA) is 84.7 Å². The molecule has 36 heavy (non-hydrogen) atoms. The lowest BCUT2D eigenvalue weighted by Gasteiger charge is -2.51. The Bertz CT molecular complexity index is 1170. The number of ether oxygens (including phenoxy) is 2. The predicted octanol–water partition coefficient (Wildman–Crippen LogP) is 5.38. The predicted molar refractivity (Wildman–Crippen MR) is 123 cm³/mol. The van der Waals surface area contributed by atoms with Gasteiger partial charge in [-0.15, -0.1) is 0 Å². The van der Waals surface area contributed by atoms with Crippen LogP contribution in [0.25, 0.3) is 0 Å². The minimum atomic E-state index is -4.48. The molecule has 0 amide bonds. The molecule has 2 fully saturated rings. The Labute approximate surface area is 207 Å². The van der Waals surface area contributed by atoms with E-state index in [0.717, 1.165) is 48.3 Å². The van der Waals surface area contributed by atoms with Gasteiger partial charge in [-0.2, -0.15) is 13.2 Å². The third kappa shape index (κ3) is 3.46. The van der Waals surface area contributed by atoms with Gasteiger partial charge in [-0.05, 0) is 42.9 Å². The number of aromatic nitrogens is 2. The van der Waals surface area contributed by atoms with Crippen LogP contribution in [0, 0.1) is 5.41 Å². The summed E-state index contributed by atoms with van der Waals surface area (Å²) < 4.78 is 52.0. The van der Waals surface area contributed by atoms with Crippen molar-refractivity contribution in [3.63, 3.8) is 0 Å². The summed E-state index contributed by atoms with van der Waals surface area (Å²) in [7, 11) is 0. The van der Waals surface area contributed by atoms with E-state index in [-0.39, 0.29) is 11.3 Å². The Morgan fingerprint density at radius 3 is 2.33 bits per heavy atom. The van der Waals surface area contributed by atoms with Crippen molar-refractivity contribution in [1.82, 2.24) is 9.97 Å². The third-order valence-corrected chi connectivity index (χ3v) is 8.74. The van der Waals surface area contributed by atoms with Gasteiger partial charge < -0.3 is 19.7 Å². The van der Waals surface area contributed by atoms with Crippen LogP contribution in [0.1, 0.15) is 116 Å². The molecule has 1 unspecified atom stereocenters. The molecule has 2 aliphatic carbocycles. The number of hydrogen-bond donors (Lipinski definition) is 2. The van der Waals surface area contributed by atoms with E-state index >= 15 is 0 Å². The lowest BCUT2D eigenvalue weighted by atomic mass is 9.57. The molecule has 2 aromatic rings. The zero-order valence-electron chi connectivity index (χ0n) is 20.4. The molecule has 0 radical (unpaired) electrons. The molecule has 2 aromatic heterocycles. The highest BCUT2D eigenvalue weighted by molar-refractivity contribution is 5.54. The first-order valence-corrected chi connectivity index (χ1v) is 12.8. The molecular formula is C27H31F3N2O4. The van der Waals surface area contributed by atoms with Gasteiger partial charge in [-0.1, -0.05) is 20.3 Å². The Balaban J connectivity index is 1.57. The van der Waals surface area contributed by atoms with Crippen molar-refractivity contribution in [3.8, 4) is 0 Å². The molecule has 6 rings (SSSR count). The van der Waals surface area contributed by atoms with Gasteiger partial charge in [0, 0.05) is 54.5 Å². The maximum atomic E-state index is 13.2. The lowest BCUT2D eigenvalue weighted by Crippen LogP contribution is -2.43. The van der Waals surface area contributed by atoms with Crippen molar-refractivity contribution in [1.29, 1.82) is 0 Å². The maximum absolute atomic E-state index is 13.2. The van der Waals surface area contributed by atoms with E-state index in [0.29, 0.717) is 49.4 Å². The summed E-state index contributed by atoms with van der Waals surface area (Å²) >= 11 is 0. The van der Waals surface area contributed by atoms with Crippen LogP contribution in [0.3, 0.4) is 0 Å². The minimum Gasteiger partial charge on any atom is -0.388 e. The van der Waals surface area contributed by atoms with Crippen molar-refractivity contribution in [2.75, 3.05) is 13.2 Å². The number of halogens is 3. The van der Waals surface area contributed by atoms with Gasteiger partial charge in [-0.3, -0.25) is 9.97 Å². The van der Waals surface area contributed by atoms with Crippen LogP contribution in [0.5, 0.6) is 0 Å². The van der Waals surface area contributed by atoms with Crippen LogP contribution in [-0.2, 0) is 21.3 Å². The molecule has 4 heterocycles. The van der Waals surface area contributed by atoms with Crippen molar-refractivity contribution in [2.45, 2.75) is 88.4 Å². The second kappa shape index (κ2) is 8.21. The van der Waals surface area contributed by atoms with E-state index in [4.69, 9.17) is 14.5 Å². The van der Waals surface area contributed by atoms with Crippen LogP contribution in [0.15, 0.2) is 18.3 Å². The van der Waals surface area contributed by atoms with Crippen molar-refractivity contribution in [2.24, 2.45) is 5.41 Å². The average molecular weight is 505 g/mol. The summed E-state index contributed by atoms with van der Waals surface area (Å²) in [5.41, 5.74) is 1.94.